The summed E-state index contributed by atoms with van der Waals surface area (Å²) in [5, 5.41) is -0.328. The fourth-order valence-corrected chi connectivity index (χ4v) is 3.12. The third kappa shape index (κ3) is 2.31. The zero-order valence-corrected chi connectivity index (χ0v) is 11.8. The summed E-state index contributed by atoms with van der Waals surface area (Å²) >= 11 is 5.87. The Hall–Kier alpha value is -1.60. The second-order valence-corrected chi connectivity index (χ2v) is 6.12. The largest absolute Gasteiger partial charge is 0.324 e. The summed E-state index contributed by atoms with van der Waals surface area (Å²) in [7, 11) is -1.18. The van der Waals surface area contributed by atoms with Crippen molar-refractivity contribution in [2.75, 3.05) is 11.4 Å². The van der Waals surface area contributed by atoms with Crippen LogP contribution in [0.4, 0.5) is 10.1 Å². The number of anilines is 1. The van der Waals surface area contributed by atoms with Crippen molar-refractivity contribution in [1.82, 2.24) is 9.55 Å². The zero-order chi connectivity index (χ0) is 14.2. The van der Waals surface area contributed by atoms with Crippen LogP contribution in [0.2, 0.25) is 5.15 Å². The Morgan fingerprint density at radius 3 is 2.53 bits per heavy atom. The number of sulfonamides is 1. The number of benzene rings is 1. The van der Waals surface area contributed by atoms with Crippen LogP contribution in [0.5, 0.6) is 0 Å². The van der Waals surface area contributed by atoms with Gasteiger partial charge in [0.15, 0.2) is 0 Å². The summed E-state index contributed by atoms with van der Waals surface area (Å²) in [6.07, 6.45) is 1.28. The molecule has 102 valence electrons. The summed E-state index contributed by atoms with van der Waals surface area (Å²) in [4.78, 5) is 3.74. The first-order chi connectivity index (χ1) is 8.85. The number of para-hydroxylation sites is 1. The molecule has 0 saturated carbocycles. The summed E-state index contributed by atoms with van der Waals surface area (Å²) in [5.74, 6) is -0.638. The van der Waals surface area contributed by atoms with E-state index in [0.717, 1.165) is 4.31 Å². The number of aromatic nitrogens is 2. The molecule has 0 unspecified atom stereocenters. The van der Waals surface area contributed by atoms with Crippen molar-refractivity contribution in [2.45, 2.75) is 5.03 Å². The molecular weight excluding hydrogens is 293 g/mol. The van der Waals surface area contributed by atoms with E-state index in [1.807, 2.05) is 0 Å². The second-order valence-electron chi connectivity index (χ2n) is 3.88. The summed E-state index contributed by atoms with van der Waals surface area (Å²) in [6.45, 7) is 0. The zero-order valence-electron chi connectivity index (χ0n) is 10.2. The van der Waals surface area contributed by atoms with E-state index in [1.165, 1.54) is 36.1 Å². The number of hydrogen-bond acceptors (Lipinski definition) is 3. The van der Waals surface area contributed by atoms with Crippen molar-refractivity contribution < 1.29 is 12.8 Å². The highest BCUT2D eigenvalue weighted by molar-refractivity contribution is 7.92. The van der Waals surface area contributed by atoms with Crippen LogP contribution < -0.4 is 4.31 Å². The van der Waals surface area contributed by atoms with E-state index in [4.69, 9.17) is 11.6 Å². The van der Waals surface area contributed by atoms with Gasteiger partial charge in [0.2, 0.25) is 5.03 Å². The van der Waals surface area contributed by atoms with Crippen LogP contribution in [-0.4, -0.2) is 25.0 Å². The molecule has 0 aliphatic heterocycles. The lowest BCUT2D eigenvalue weighted by atomic mass is 10.3. The fraction of sp³-hybridized carbons (Fsp3) is 0.182. The number of halogens is 2. The van der Waals surface area contributed by atoms with Gasteiger partial charge in [0.1, 0.15) is 11.0 Å². The third-order valence-corrected chi connectivity index (χ3v) is 4.89. The van der Waals surface area contributed by atoms with Crippen molar-refractivity contribution in [3.05, 3.63) is 41.6 Å². The van der Waals surface area contributed by atoms with Crippen molar-refractivity contribution in [1.29, 1.82) is 0 Å². The lowest BCUT2D eigenvalue weighted by Gasteiger charge is -2.18. The topological polar surface area (TPSA) is 55.2 Å². The number of rotatable bonds is 3. The minimum absolute atomic E-state index is 0.0248. The fourth-order valence-electron chi connectivity index (χ4n) is 1.53. The minimum Gasteiger partial charge on any atom is -0.324 e. The van der Waals surface area contributed by atoms with Gasteiger partial charge in [-0.15, -0.1) is 0 Å². The molecule has 0 aliphatic rings. The molecule has 0 radical (unpaired) electrons. The molecule has 19 heavy (non-hydrogen) atoms. The van der Waals surface area contributed by atoms with Gasteiger partial charge in [0.25, 0.3) is 10.0 Å². The maximum Gasteiger partial charge on any atom is 0.284 e. The molecule has 0 fully saturated rings. The monoisotopic (exact) mass is 303 g/mol. The minimum atomic E-state index is -3.99. The quantitative estimate of drug-likeness (QED) is 0.872. The Bertz CT molecular complexity index is 714. The molecule has 0 saturated heterocycles. The van der Waals surface area contributed by atoms with Gasteiger partial charge in [-0.3, -0.25) is 4.31 Å². The molecule has 1 aromatic heterocycles. The number of nitrogens with zero attached hydrogens (tertiary/aromatic N) is 3. The number of aryl methyl sites for hydroxylation is 1. The summed E-state index contributed by atoms with van der Waals surface area (Å²) in [5.41, 5.74) is -0.0655. The molecule has 8 heteroatoms. The van der Waals surface area contributed by atoms with Crippen molar-refractivity contribution in [3.63, 3.8) is 0 Å². The normalized spacial score (nSPS) is 11.6. The highest BCUT2D eigenvalue weighted by Gasteiger charge is 2.28. The van der Waals surface area contributed by atoms with Crippen LogP contribution in [-0.2, 0) is 17.1 Å². The molecule has 0 aliphatic carbocycles. The summed E-state index contributed by atoms with van der Waals surface area (Å²) < 4.78 is 40.4. The van der Waals surface area contributed by atoms with E-state index < -0.39 is 15.8 Å². The Kier molecular flexibility index (Phi) is 3.51. The maximum atomic E-state index is 13.6. The van der Waals surface area contributed by atoms with E-state index in [0.29, 0.717) is 0 Å². The first kappa shape index (κ1) is 13.8. The lowest BCUT2D eigenvalue weighted by molar-refractivity contribution is 0.587. The van der Waals surface area contributed by atoms with E-state index in [2.05, 4.69) is 4.98 Å². The molecule has 5 nitrogen and oxygen atoms in total. The van der Waals surface area contributed by atoms with Gasteiger partial charge in [-0.05, 0) is 12.1 Å². The number of imidazole rings is 1. The molecule has 0 bridgehead atoms. The van der Waals surface area contributed by atoms with E-state index in [-0.39, 0.29) is 15.9 Å². The highest BCUT2D eigenvalue weighted by atomic mass is 35.5. The molecule has 1 heterocycles. The standard InChI is InChI=1S/C11H11ClFN3O2S/c1-15-7-14-11(10(15)12)19(17,18)16(2)9-6-4-3-5-8(9)13/h3-7H,1-2H3. The third-order valence-electron chi connectivity index (χ3n) is 2.63. The molecule has 0 spiro atoms. The van der Waals surface area contributed by atoms with Crippen molar-refractivity contribution >= 4 is 27.3 Å². The molecule has 2 rings (SSSR count). The van der Waals surface area contributed by atoms with E-state index >= 15 is 0 Å². The predicted octanol–water partition coefficient (Wildman–Crippen LogP) is 2.04. The molecule has 2 aromatic rings. The predicted molar refractivity (Wildman–Crippen MR) is 70.2 cm³/mol. The molecule has 1 aromatic carbocycles. The van der Waals surface area contributed by atoms with Crippen molar-refractivity contribution in [3.8, 4) is 0 Å². The average molecular weight is 304 g/mol. The molecule has 0 amide bonds. The van der Waals surface area contributed by atoms with Gasteiger partial charge in [0, 0.05) is 14.1 Å². The van der Waals surface area contributed by atoms with Gasteiger partial charge >= 0.3 is 0 Å². The van der Waals surface area contributed by atoms with Crippen LogP contribution in [0.3, 0.4) is 0 Å². The molecule has 0 N–H and O–H groups in total. The van der Waals surface area contributed by atoms with Gasteiger partial charge in [-0.25, -0.2) is 9.37 Å². The van der Waals surface area contributed by atoms with Gasteiger partial charge in [-0.1, -0.05) is 23.7 Å². The van der Waals surface area contributed by atoms with Gasteiger partial charge in [-0.2, -0.15) is 8.42 Å². The molecule has 0 atom stereocenters. The maximum absolute atomic E-state index is 13.6. The number of hydrogen-bond donors (Lipinski definition) is 0. The Morgan fingerprint density at radius 2 is 2.00 bits per heavy atom. The van der Waals surface area contributed by atoms with E-state index in [1.54, 1.807) is 13.1 Å². The van der Waals surface area contributed by atoms with Gasteiger partial charge in [0.05, 0.1) is 12.0 Å². The highest BCUT2D eigenvalue weighted by Crippen LogP contribution is 2.27. The second kappa shape index (κ2) is 4.82. The first-order valence-corrected chi connectivity index (χ1v) is 7.08. The van der Waals surface area contributed by atoms with Crippen LogP contribution in [0.25, 0.3) is 0 Å². The smallest absolute Gasteiger partial charge is 0.284 e. The average Bonchev–Trinajstić information content (AvgIpc) is 2.70. The first-order valence-electron chi connectivity index (χ1n) is 5.26. The Labute approximate surface area is 115 Å². The van der Waals surface area contributed by atoms with Crippen molar-refractivity contribution in [2.24, 2.45) is 7.05 Å². The SMILES string of the molecule is CN(c1ccccc1F)S(=O)(=O)c1ncn(C)c1Cl. The Balaban J connectivity index is 2.52. The Morgan fingerprint density at radius 1 is 1.37 bits per heavy atom. The van der Waals surface area contributed by atoms with Crippen LogP contribution >= 0.6 is 11.6 Å². The summed E-state index contributed by atoms with van der Waals surface area (Å²) in [6, 6.07) is 5.57. The van der Waals surface area contributed by atoms with Gasteiger partial charge < -0.3 is 4.57 Å². The van der Waals surface area contributed by atoms with Crippen LogP contribution in [0.1, 0.15) is 0 Å². The molecular formula is C11H11ClFN3O2S. The lowest BCUT2D eigenvalue weighted by Crippen LogP contribution is -2.28. The van der Waals surface area contributed by atoms with E-state index in [9.17, 15) is 12.8 Å². The van der Waals surface area contributed by atoms with Crippen LogP contribution in [0.15, 0.2) is 35.6 Å². The van der Waals surface area contributed by atoms with Crippen LogP contribution in [0, 0.1) is 5.82 Å².